The van der Waals surface area contributed by atoms with Gasteiger partial charge in [-0.1, -0.05) is 87.6 Å². The van der Waals surface area contributed by atoms with Crippen molar-refractivity contribution in [2.45, 2.75) is 59.5 Å². The van der Waals surface area contributed by atoms with Crippen LogP contribution in [-0.4, -0.2) is 62.3 Å². The van der Waals surface area contributed by atoms with Crippen LogP contribution in [0.1, 0.15) is 50.3 Å². The number of carbonyl (C=O) groups excluding carboxylic acids is 1. The largest absolute Gasteiger partial charge is 0.573 e. The van der Waals surface area contributed by atoms with Gasteiger partial charge in [-0.15, -0.1) is 18.3 Å². The van der Waals surface area contributed by atoms with Gasteiger partial charge in [-0.05, 0) is 71.4 Å². The molecule has 0 saturated heterocycles. The normalized spacial score (nSPS) is 12.9. The van der Waals surface area contributed by atoms with Crippen LogP contribution in [0.2, 0.25) is 0 Å². The van der Waals surface area contributed by atoms with E-state index in [2.05, 4.69) is 71.3 Å². The van der Waals surface area contributed by atoms with Crippen LogP contribution in [0.15, 0.2) is 83.0 Å². The molecule has 266 valence electrons. The molecular weight excluding hydrogens is 688 g/mol. The van der Waals surface area contributed by atoms with Crippen LogP contribution in [0.3, 0.4) is 0 Å². The number of aryl methyl sites for hydroxylation is 1. The van der Waals surface area contributed by atoms with Crippen molar-refractivity contribution in [3.8, 4) is 22.8 Å². The summed E-state index contributed by atoms with van der Waals surface area (Å²) >= 11 is 3.05. The molecule has 0 radical (unpaired) electrons. The van der Waals surface area contributed by atoms with Crippen LogP contribution < -0.4 is 15.4 Å². The second-order valence-corrected chi connectivity index (χ2v) is 13.7. The number of aliphatic imine (C=N–C) groups is 2. The van der Waals surface area contributed by atoms with Gasteiger partial charge in [0.2, 0.25) is 0 Å². The molecule has 4 rings (SSSR count). The quantitative estimate of drug-likeness (QED) is 0.116. The Balaban J connectivity index is 1.55. The molecule has 15 heteroatoms. The van der Waals surface area contributed by atoms with E-state index in [0.717, 1.165) is 33.9 Å². The van der Waals surface area contributed by atoms with E-state index in [1.165, 1.54) is 59.7 Å². The molecule has 1 aromatic heterocycles. The number of hydrogen-bond acceptors (Lipinski definition) is 8. The van der Waals surface area contributed by atoms with Gasteiger partial charge in [0.25, 0.3) is 0 Å². The van der Waals surface area contributed by atoms with E-state index in [-0.39, 0.29) is 5.75 Å². The summed E-state index contributed by atoms with van der Waals surface area (Å²) in [5.74, 6) is 1.93. The van der Waals surface area contributed by atoms with E-state index in [4.69, 9.17) is 14.7 Å². The van der Waals surface area contributed by atoms with E-state index in [9.17, 15) is 18.0 Å². The van der Waals surface area contributed by atoms with Crippen LogP contribution in [0.4, 0.5) is 23.7 Å². The van der Waals surface area contributed by atoms with Crippen LogP contribution in [0.25, 0.3) is 17.1 Å². The molecule has 1 unspecified atom stereocenters. The number of halogens is 3. The molecule has 0 saturated carbocycles. The average molecular weight is 728 g/mol. The predicted octanol–water partition coefficient (Wildman–Crippen LogP) is 8.82. The molecule has 4 aromatic rings. The van der Waals surface area contributed by atoms with Crippen LogP contribution in [0.5, 0.6) is 5.75 Å². The number of rotatable bonds is 11. The van der Waals surface area contributed by atoms with Crippen molar-refractivity contribution in [2.75, 3.05) is 23.9 Å². The van der Waals surface area contributed by atoms with E-state index >= 15 is 0 Å². The Labute approximate surface area is 298 Å². The van der Waals surface area contributed by atoms with Crippen LogP contribution in [0, 0.1) is 6.92 Å². The third-order valence-electron chi connectivity index (χ3n) is 7.03. The molecule has 0 fully saturated rings. The highest BCUT2D eigenvalue weighted by atomic mass is 32.2. The number of benzene rings is 3. The Bertz CT molecular complexity index is 1780. The Morgan fingerprint density at radius 3 is 2.32 bits per heavy atom. The zero-order chi connectivity index (χ0) is 36.3. The molecule has 3 aromatic carbocycles. The van der Waals surface area contributed by atoms with Gasteiger partial charge in [0.05, 0.1) is 12.8 Å². The van der Waals surface area contributed by atoms with Crippen LogP contribution in [-0.2, 0) is 11.2 Å². The molecule has 1 heterocycles. The molecular formula is C35H40F3N7O3S2. The number of methoxy groups -OCH3 is 1. The maximum Gasteiger partial charge on any atom is 0.573 e. The molecule has 50 heavy (non-hydrogen) atoms. The lowest BCUT2D eigenvalue weighted by atomic mass is 9.99. The number of alkyl halides is 3. The van der Waals surface area contributed by atoms with E-state index < -0.39 is 18.6 Å². The summed E-state index contributed by atoms with van der Waals surface area (Å²) in [5, 5.41) is 12.0. The summed E-state index contributed by atoms with van der Waals surface area (Å²) in [4.78, 5) is 26.5. The molecule has 0 aliphatic rings. The lowest BCUT2D eigenvalue weighted by molar-refractivity contribution is -0.274. The first kappa shape index (κ1) is 38.3. The fraction of sp³-hybridized carbons (Fsp3) is 0.343. The number of nitrogens with zero attached hydrogens (tertiary/aromatic N) is 5. The van der Waals surface area contributed by atoms with E-state index in [1.807, 2.05) is 31.2 Å². The number of carbonyl (C=O) groups is 1. The molecule has 1 amide bonds. The minimum absolute atomic E-state index is 0.318. The molecule has 0 spiro atoms. The second kappa shape index (κ2) is 17.9. The summed E-state index contributed by atoms with van der Waals surface area (Å²) in [6.07, 6.45) is -4.23. The Hall–Kier alpha value is -4.50. The Kier molecular flexibility index (Phi) is 13.7. The average Bonchev–Trinajstić information content (AvgIpc) is 3.55. The third kappa shape index (κ3) is 11.5. The number of anilines is 1. The highest BCUT2D eigenvalue weighted by Gasteiger charge is 2.31. The minimum Gasteiger partial charge on any atom is -0.453 e. The van der Waals surface area contributed by atoms with Crippen molar-refractivity contribution in [1.82, 2.24) is 20.1 Å². The Morgan fingerprint density at radius 2 is 1.70 bits per heavy atom. The van der Waals surface area contributed by atoms with Crippen molar-refractivity contribution in [3.63, 3.8) is 0 Å². The molecule has 0 bridgehead atoms. The summed E-state index contributed by atoms with van der Waals surface area (Å²) in [6.45, 7) is 10.4. The van der Waals surface area contributed by atoms with Gasteiger partial charge in [0.1, 0.15) is 18.2 Å². The van der Waals surface area contributed by atoms with E-state index in [1.54, 1.807) is 11.8 Å². The zero-order valence-corrected chi connectivity index (χ0v) is 30.2. The standard InChI is InChI=1S/C35H40F3N7O3S2/c1-7-49-32(40-29-19-23(5)9-18-28(29)22(3)4)43-33(50-8-2)41-30(42-34(46)47-6)20-24-10-12-25(13-11-24)31-39-21-45(44-31)26-14-16-27(17-15-26)48-35(36,37)38/h9-19,21-22,30H,7-8,20H2,1-6H3,(H,42,46)(H,40,41,43). The molecule has 0 aliphatic carbocycles. The lowest BCUT2D eigenvalue weighted by Crippen LogP contribution is -2.35. The number of nitrogens with one attached hydrogen (secondary N) is 2. The van der Waals surface area contributed by atoms with E-state index in [0.29, 0.717) is 34.2 Å². The number of ether oxygens (including phenoxy) is 2. The first-order valence-electron chi connectivity index (χ1n) is 15.9. The van der Waals surface area contributed by atoms with Gasteiger partial charge in [-0.25, -0.2) is 19.5 Å². The SMILES string of the molecule is CCSC(=N\C(Cc1ccc(-c2ncn(-c3ccc(OC(F)(F)F)cc3)n2)cc1)NC(=O)OC)/N=C(/Nc1cc(C)ccc1C(C)C)SCC. The van der Waals surface area contributed by atoms with Crippen molar-refractivity contribution >= 4 is 45.6 Å². The Morgan fingerprint density at radius 1 is 1.00 bits per heavy atom. The molecule has 1 atom stereocenters. The summed E-state index contributed by atoms with van der Waals surface area (Å²) in [5.41, 5.74) is 5.44. The topological polar surface area (TPSA) is 115 Å². The van der Waals surface area contributed by atoms with Crippen molar-refractivity contribution < 1.29 is 27.4 Å². The van der Waals surface area contributed by atoms with Gasteiger partial charge in [0, 0.05) is 17.7 Å². The van der Waals surface area contributed by atoms with Crippen molar-refractivity contribution in [3.05, 3.63) is 89.7 Å². The number of thioether (sulfide) groups is 2. The maximum atomic E-state index is 12.5. The summed E-state index contributed by atoms with van der Waals surface area (Å²) in [7, 11) is 1.30. The van der Waals surface area contributed by atoms with Crippen molar-refractivity contribution in [1.29, 1.82) is 0 Å². The fourth-order valence-corrected chi connectivity index (χ4v) is 6.02. The number of amides is 1. The fourth-order valence-electron chi connectivity index (χ4n) is 4.74. The van der Waals surface area contributed by atoms with Gasteiger partial charge in [-0.2, -0.15) is 4.99 Å². The number of aromatic nitrogens is 3. The molecule has 10 nitrogen and oxygen atoms in total. The first-order chi connectivity index (χ1) is 23.9. The van der Waals surface area contributed by atoms with Gasteiger partial charge in [0.15, 0.2) is 16.2 Å². The second-order valence-electron chi connectivity index (χ2n) is 11.2. The predicted molar refractivity (Wildman–Crippen MR) is 197 cm³/mol. The van der Waals surface area contributed by atoms with Crippen LogP contribution >= 0.6 is 23.5 Å². The van der Waals surface area contributed by atoms with Crippen molar-refractivity contribution in [2.24, 2.45) is 9.98 Å². The highest BCUT2D eigenvalue weighted by molar-refractivity contribution is 8.15. The lowest BCUT2D eigenvalue weighted by Gasteiger charge is -2.18. The third-order valence-corrected chi connectivity index (χ3v) is 8.53. The van der Waals surface area contributed by atoms with Gasteiger partial charge >= 0.3 is 12.5 Å². The zero-order valence-electron chi connectivity index (χ0n) is 28.6. The van der Waals surface area contributed by atoms with Gasteiger partial charge in [-0.3, -0.25) is 5.32 Å². The number of alkyl carbamates (subject to hydrolysis) is 1. The highest BCUT2D eigenvalue weighted by Crippen LogP contribution is 2.27. The molecule has 2 N–H and O–H groups in total. The number of amidine groups is 2. The summed E-state index contributed by atoms with van der Waals surface area (Å²) < 4.78 is 47.8. The smallest absolute Gasteiger partial charge is 0.453 e. The summed E-state index contributed by atoms with van der Waals surface area (Å²) in [6, 6.07) is 19.2. The number of hydrogen-bond donors (Lipinski definition) is 2. The molecule has 0 aliphatic heterocycles. The monoisotopic (exact) mass is 727 g/mol. The minimum atomic E-state index is -4.77. The maximum absolute atomic E-state index is 12.5. The van der Waals surface area contributed by atoms with Gasteiger partial charge < -0.3 is 14.8 Å². The first-order valence-corrected chi connectivity index (χ1v) is 17.9.